The molecule has 1 aliphatic carbocycles. The molecule has 1 amide bonds. The third-order valence-electron chi connectivity index (χ3n) is 3.03. The fourth-order valence-corrected chi connectivity index (χ4v) is 2.05. The number of hydrogen-bond donors (Lipinski definition) is 2. The molecule has 1 heterocycles. The largest absolute Gasteiger partial charge is 0.398 e. The predicted molar refractivity (Wildman–Crippen MR) is 63.0 cm³/mol. The van der Waals surface area contributed by atoms with E-state index in [1.54, 1.807) is 12.3 Å². The van der Waals surface area contributed by atoms with Crippen LogP contribution in [0.3, 0.4) is 0 Å². The van der Waals surface area contributed by atoms with E-state index in [1.165, 1.54) is 0 Å². The van der Waals surface area contributed by atoms with Crippen LogP contribution in [-0.4, -0.2) is 16.9 Å². The van der Waals surface area contributed by atoms with Crippen LogP contribution in [0, 0.1) is 12.8 Å². The molecule has 2 rings (SSSR count). The third kappa shape index (κ3) is 2.15. The predicted octanol–water partition coefficient (Wildman–Crippen LogP) is 1.50. The minimum absolute atomic E-state index is 0.109. The van der Waals surface area contributed by atoms with Gasteiger partial charge in [-0.3, -0.25) is 9.78 Å². The smallest absolute Gasteiger partial charge is 0.255 e. The lowest BCUT2D eigenvalue weighted by Gasteiger charge is -2.33. The first-order valence-electron chi connectivity index (χ1n) is 5.59. The van der Waals surface area contributed by atoms with Gasteiger partial charge in [-0.15, -0.1) is 0 Å². The Kier molecular flexibility index (Phi) is 2.81. The van der Waals surface area contributed by atoms with E-state index in [2.05, 4.69) is 17.2 Å². The number of carbonyl (C=O) groups excluding carboxylic acids is 1. The Morgan fingerprint density at radius 1 is 1.56 bits per heavy atom. The van der Waals surface area contributed by atoms with Gasteiger partial charge in [-0.25, -0.2) is 0 Å². The van der Waals surface area contributed by atoms with Crippen LogP contribution in [0.4, 0.5) is 5.69 Å². The molecule has 1 fully saturated rings. The molecule has 0 spiro atoms. The number of amides is 1. The summed E-state index contributed by atoms with van der Waals surface area (Å²) in [6, 6.07) is 2.03. The molecule has 4 heteroatoms. The summed E-state index contributed by atoms with van der Waals surface area (Å²) in [5.41, 5.74) is 7.58. The van der Waals surface area contributed by atoms with Crippen LogP contribution in [0.15, 0.2) is 12.3 Å². The highest BCUT2D eigenvalue weighted by Gasteiger charge is 2.27. The van der Waals surface area contributed by atoms with Gasteiger partial charge in [-0.05, 0) is 31.7 Å². The molecular weight excluding hydrogens is 202 g/mol. The summed E-state index contributed by atoms with van der Waals surface area (Å²) >= 11 is 0. The molecule has 86 valence electrons. The fourth-order valence-electron chi connectivity index (χ4n) is 2.05. The number of nitrogens with zero attached hydrogens (tertiary/aromatic N) is 1. The van der Waals surface area contributed by atoms with Crippen molar-refractivity contribution in [3.63, 3.8) is 0 Å². The first-order valence-corrected chi connectivity index (χ1v) is 5.59. The number of aryl methyl sites for hydroxylation is 1. The average molecular weight is 219 g/mol. The molecule has 0 aliphatic heterocycles. The quantitative estimate of drug-likeness (QED) is 0.792. The van der Waals surface area contributed by atoms with E-state index in [4.69, 9.17) is 5.73 Å². The number of hydrogen-bond acceptors (Lipinski definition) is 3. The van der Waals surface area contributed by atoms with E-state index in [1.807, 2.05) is 6.92 Å². The number of carbonyl (C=O) groups is 1. The van der Waals surface area contributed by atoms with E-state index >= 15 is 0 Å². The van der Waals surface area contributed by atoms with Crippen LogP contribution >= 0.6 is 0 Å². The minimum Gasteiger partial charge on any atom is -0.398 e. The van der Waals surface area contributed by atoms with Crippen LogP contribution < -0.4 is 11.1 Å². The van der Waals surface area contributed by atoms with Crippen LogP contribution in [0.2, 0.25) is 0 Å². The standard InChI is InChI=1S/C12H17N3O/c1-7-3-9(4-7)15-12(16)10-6-14-8(2)5-11(10)13/h5-7,9H,3-4H2,1-2H3,(H2,13,14)(H,15,16). The van der Waals surface area contributed by atoms with Crippen molar-refractivity contribution in [2.45, 2.75) is 32.7 Å². The topological polar surface area (TPSA) is 68.0 Å². The molecule has 3 N–H and O–H groups in total. The Labute approximate surface area is 95.3 Å². The molecule has 4 nitrogen and oxygen atoms in total. The number of nitrogens with one attached hydrogen (secondary N) is 1. The van der Waals surface area contributed by atoms with Crippen LogP contribution in [0.5, 0.6) is 0 Å². The minimum atomic E-state index is -0.109. The second kappa shape index (κ2) is 4.12. The maximum atomic E-state index is 11.9. The zero-order valence-corrected chi connectivity index (χ0v) is 9.66. The zero-order chi connectivity index (χ0) is 11.7. The fraction of sp³-hybridized carbons (Fsp3) is 0.500. The molecule has 1 aromatic heterocycles. The highest BCUT2D eigenvalue weighted by Crippen LogP contribution is 2.26. The molecule has 0 bridgehead atoms. The summed E-state index contributed by atoms with van der Waals surface area (Å²) in [5, 5.41) is 2.96. The molecule has 1 saturated carbocycles. The van der Waals surface area contributed by atoms with Crippen molar-refractivity contribution >= 4 is 11.6 Å². The van der Waals surface area contributed by atoms with Crippen LogP contribution in [0.1, 0.15) is 35.8 Å². The molecule has 0 atom stereocenters. The highest BCUT2D eigenvalue weighted by molar-refractivity contribution is 5.99. The number of nitrogen functional groups attached to an aromatic ring is 1. The third-order valence-corrected chi connectivity index (χ3v) is 3.03. The summed E-state index contributed by atoms with van der Waals surface area (Å²) in [5.74, 6) is 0.612. The Morgan fingerprint density at radius 2 is 2.25 bits per heavy atom. The normalized spacial score (nSPS) is 23.6. The lowest BCUT2D eigenvalue weighted by atomic mass is 9.82. The summed E-state index contributed by atoms with van der Waals surface area (Å²) in [4.78, 5) is 15.9. The monoisotopic (exact) mass is 219 g/mol. The Hall–Kier alpha value is -1.58. The van der Waals surface area contributed by atoms with Gasteiger partial charge in [-0.1, -0.05) is 6.92 Å². The maximum absolute atomic E-state index is 11.9. The van der Waals surface area contributed by atoms with Gasteiger partial charge in [0.25, 0.3) is 5.91 Å². The lowest BCUT2D eigenvalue weighted by Crippen LogP contribution is -2.43. The number of nitrogens with two attached hydrogens (primary N) is 1. The van der Waals surface area contributed by atoms with Gasteiger partial charge in [0.2, 0.25) is 0 Å². The first-order chi connectivity index (χ1) is 7.56. The Bertz CT molecular complexity index is 411. The van der Waals surface area contributed by atoms with Crippen LogP contribution in [0.25, 0.3) is 0 Å². The first kappa shape index (κ1) is 10.9. The molecule has 16 heavy (non-hydrogen) atoms. The van der Waals surface area contributed by atoms with Gasteiger partial charge >= 0.3 is 0 Å². The number of anilines is 1. The second-order valence-electron chi connectivity index (χ2n) is 4.66. The van der Waals surface area contributed by atoms with E-state index in [0.717, 1.165) is 24.5 Å². The van der Waals surface area contributed by atoms with Gasteiger partial charge in [0.1, 0.15) is 0 Å². The van der Waals surface area contributed by atoms with Gasteiger partial charge in [0.15, 0.2) is 0 Å². The SMILES string of the molecule is Cc1cc(N)c(C(=O)NC2CC(C)C2)cn1. The van der Waals surface area contributed by atoms with Crippen molar-refractivity contribution in [1.29, 1.82) is 0 Å². The van der Waals surface area contributed by atoms with Gasteiger partial charge in [-0.2, -0.15) is 0 Å². The van der Waals surface area contributed by atoms with E-state index < -0.39 is 0 Å². The van der Waals surface area contributed by atoms with Crippen molar-refractivity contribution < 1.29 is 4.79 Å². The van der Waals surface area contributed by atoms with Gasteiger partial charge in [0.05, 0.1) is 5.56 Å². The highest BCUT2D eigenvalue weighted by atomic mass is 16.1. The maximum Gasteiger partial charge on any atom is 0.255 e. The molecule has 1 aliphatic rings. The number of pyridine rings is 1. The summed E-state index contributed by atoms with van der Waals surface area (Å²) in [7, 11) is 0. The summed E-state index contributed by atoms with van der Waals surface area (Å²) in [6.45, 7) is 4.04. The Morgan fingerprint density at radius 3 is 2.81 bits per heavy atom. The molecular formula is C12H17N3O. The molecule has 0 saturated heterocycles. The van der Waals surface area contributed by atoms with E-state index in [-0.39, 0.29) is 5.91 Å². The molecule has 0 aromatic carbocycles. The van der Waals surface area contributed by atoms with Crippen molar-refractivity contribution in [1.82, 2.24) is 10.3 Å². The van der Waals surface area contributed by atoms with Crippen molar-refractivity contribution in [3.8, 4) is 0 Å². The summed E-state index contributed by atoms with van der Waals surface area (Å²) in [6.07, 6.45) is 3.66. The van der Waals surface area contributed by atoms with Gasteiger partial charge < -0.3 is 11.1 Å². The average Bonchev–Trinajstić information content (AvgIpc) is 2.15. The van der Waals surface area contributed by atoms with E-state index in [9.17, 15) is 4.79 Å². The molecule has 0 radical (unpaired) electrons. The Balaban J connectivity index is 2.03. The van der Waals surface area contributed by atoms with Crippen molar-refractivity contribution in [2.75, 3.05) is 5.73 Å². The molecule has 0 unspecified atom stereocenters. The van der Waals surface area contributed by atoms with Crippen LogP contribution in [-0.2, 0) is 0 Å². The number of aromatic nitrogens is 1. The van der Waals surface area contributed by atoms with Crippen molar-refractivity contribution in [2.24, 2.45) is 5.92 Å². The lowest BCUT2D eigenvalue weighted by molar-refractivity contribution is 0.0896. The number of rotatable bonds is 2. The second-order valence-corrected chi connectivity index (χ2v) is 4.66. The molecule has 1 aromatic rings. The van der Waals surface area contributed by atoms with E-state index in [0.29, 0.717) is 17.3 Å². The van der Waals surface area contributed by atoms with Crippen molar-refractivity contribution in [3.05, 3.63) is 23.5 Å². The summed E-state index contributed by atoms with van der Waals surface area (Å²) < 4.78 is 0. The zero-order valence-electron chi connectivity index (χ0n) is 9.66. The van der Waals surface area contributed by atoms with Gasteiger partial charge in [0, 0.05) is 23.6 Å².